The van der Waals surface area contributed by atoms with Gasteiger partial charge < -0.3 is 21.7 Å². The number of hydrogen-bond donors (Lipinski definition) is 3. The Hall–Kier alpha value is -2.61. The number of nitrogens with one attached hydrogen (secondary N) is 1. The smallest absolute Gasteiger partial charge is 0.321 e. The van der Waals surface area contributed by atoms with Crippen molar-refractivity contribution in [1.29, 1.82) is 0 Å². The summed E-state index contributed by atoms with van der Waals surface area (Å²) in [7, 11) is 1.75. The lowest BCUT2D eigenvalue weighted by molar-refractivity contribution is 0.218. The molecule has 1 aromatic heterocycles. The predicted octanol–water partition coefficient (Wildman–Crippen LogP) is 1.69. The molecule has 5 N–H and O–H groups in total. The minimum absolute atomic E-state index is 0.00863. The van der Waals surface area contributed by atoms with Crippen molar-refractivity contribution in [3.63, 3.8) is 0 Å². The molecule has 0 unspecified atom stereocenters. The molecule has 21 heavy (non-hydrogen) atoms. The Labute approximate surface area is 125 Å². The summed E-state index contributed by atoms with van der Waals surface area (Å²) in [6.45, 7) is 0.569. The summed E-state index contributed by atoms with van der Waals surface area (Å²) in [6.07, 6.45) is 0. The van der Waals surface area contributed by atoms with Crippen molar-refractivity contribution in [2.45, 2.75) is 6.54 Å². The molecule has 1 aromatic carbocycles. The van der Waals surface area contributed by atoms with Crippen LogP contribution in [-0.2, 0) is 6.54 Å². The first-order valence-corrected chi connectivity index (χ1v) is 7.11. The topological polar surface area (TPSA) is 110 Å². The molecule has 0 saturated heterocycles. The first-order valence-electron chi connectivity index (χ1n) is 6.23. The normalized spacial score (nSPS) is 13.6. The van der Waals surface area contributed by atoms with Crippen molar-refractivity contribution in [2.75, 3.05) is 12.4 Å². The molecule has 0 spiro atoms. The molecule has 1 aliphatic heterocycles. The molecule has 0 bridgehead atoms. The third-order valence-electron chi connectivity index (χ3n) is 3.11. The summed E-state index contributed by atoms with van der Waals surface area (Å²) in [5.74, 6) is -0.00863. The zero-order valence-corrected chi connectivity index (χ0v) is 12.1. The number of hydrogen-bond acceptors (Lipinski definition) is 4. The van der Waals surface area contributed by atoms with Crippen molar-refractivity contribution >= 4 is 34.1 Å². The highest BCUT2D eigenvalue weighted by molar-refractivity contribution is 7.13. The number of carbonyl (C=O) groups is 1. The average Bonchev–Trinajstić information content (AvgIpc) is 2.87. The van der Waals surface area contributed by atoms with Gasteiger partial charge in [-0.25, -0.2) is 9.78 Å². The van der Waals surface area contributed by atoms with Crippen molar-refractivity contribution in [2.24, 2.45) is 16.5 Å². The second kappa shape index (κ2) is 5.06. The first kappa shape index (κ1) is 13.4. The lowest BCUT2D eigenvalue weighted by Crippen LogP contribution is -2.35. The third kappa shape index (κ3) is 2.65. The lowest BCUT2D eigenvalue weighted by atomic mass is 10.0. The minimum atomic E-state index is -0.0982. The molecule has 2 amide bonds. The number of nitrogens with two attached hydrogens (primary N) is 2. The molecule has 0 saturated carbocycles. The summed E-state index contributed by atoms with van der Waals surface area (Å²) in [5, 5.41) is 5.25. The standard InChI is InChI=1S/C13H14N6OS/c1-19-5-8-4-7(2-3-9(8)17-13(19)20)10-6-21-12(16-10)18-11(14)15/h2-4,6H,5H2,1H3,(H,17,20)(H4,14,15,16,18). The Bertz CT molecular complexity index is 734. The Morgan fingerprint density at radius 3 is 3.05 bits per heavy atom. The van der Waals surface area contributed by atoms with Gasteiger partial charge in [0.15, 0.2) is 5.96 Å². The van der Waals surface area contributed by atoms with Crippen LogP contribution in [0.25, 0.3) is 11.3 Å². The number of rotatable bonds is 2. The van der Waals surface area contributed by atoms with E-state index in [4.69, 9.17) is 11.5 Å². The molecular weight excluding hydrogens is 288 g/mol. The molecule has 0 aliphatic carbocycles. The van der Waals surface area contributed by atoms with E-state index >= 15 is 0 Å². The fourth-order valence-corrected chi connectivity index (χ4v) is 2.82. The zero-order chi connectivity index (χ0) is 15.0. The van der Waals surface area contributed by atoms with Gasteiger partial charge in [0, 0.05) is 30.2 Å². The van der Waals surface area contributed by atoms with Gasteiger partial charge in [-0.3, -0.25) is 0 Å². The van der Waals surface area contributed by atoms with Gasteiger partial charge in [0.25, 0.3) is 0 Å². The summed E-state index contributed by atoms with van der Waals surface area (Å²) >= 11 is 1.37. The van der Waals surface area contributed by atoms with Crippen molar-refractivity contribution in [3.05, 3.63) is 29.1 Å². The van der Waals surface area contributed by atoms with Crippen LogP contribution in [0.15, 0.2) is 28.6 Å². The molecule has 8 heteroatoms. The summed E-state index contributed by atoms with van der Waals surface area (Å²) in [6, 6.07) is 5.71. The maximum absolute atomic E-state index is 11.6. The van der Waals surface area contributed by atoms with E-state index in [2.05, 4.69) is 15.3 Å². The first-order chi connectivity index (χ1) is 10.0. The number of aliphatic imine (C=N–C) groups is 1. The van der Waals surface area contributed by atoms with Gasteiger partial charge >= 0.3 is 6.03 Å². The van der Waals surface area contributed by atoms with E-state index in [0.717, 1.165) is 22.5 Å². The Balaban J connectivity index is 1.94. The van der Waals surface area contributed by atoms with E-state index < -0.39 is 0 Å². The van der Waals surface area contributed by atoms with Gasteiger partial charge in [-0.1, -0.05) is 6.07 Å². The molecule has 0 radical (unpaired) electrons. The van der Waals surface area contributed by atoms with E-state index in [-0.39, 0.29) is 12.0 Å². The maximum atomic E-state index is 11.6. The summed E-state index contributed by atoms with van der Waals surface area (Å²) in [5.41, 5.74) is 14.3. The van der Waals surface area contributed by atoms with Crippen LogP contribution in [0.1, 0.15) is 5.56 Å². The van der Waals surface area contributed by atoms with Crippen LogP contribution in [0.2, 0.25) is 0 Å². The Morgan fingerprint density at radius 1 is 1.48 bits per heavy atom. The molecule has 1 aliphatic rings. The van der Waals surface area contributed by atoms with Gasteiger partial charge in [0.1, 0.15) is 0 Å². The fraction of sp³-hybridized carbons (Fsp3) is 0.154. The number of fused-ring (bicyclic) bond motifs is 1. The number of nitrogens with zero attached hydrogens (tertiary/aromatic N) is 3. The Kier molecular flexibility index (Phi) is 3.22. The summed E-state index contributed by atoms with van der Waals surface area (Å²) < 4.78 is 0. The van der Waals surface area contributed by atoms with Crippen LogP contribution in [0, 0.1) is 0 Å². The highest BCUT2D eigenvalue weighted by Crippen LogP contribution is 2.31. The number of guanidine groups is 1. The highest BCUT2D eigenvalue weighted by Gasteiger charge is 2.19. The van der Waals surface area contributed by atoms with Gasteiger partial charge in [-0.15, -0.1) is 11.3 Å². The van der Waals surface area contributed by atoms with Crippen molar-refractivity contribution in [3.8, 4) is 11.3 Å². The number of aromatic nitrogens is 1. The monoisotopic (exact) mass is 302 g/mol. The second-order valence-corrected chi connectivity index (χ2v) is 5.55. The molecular formula is C13H14N6OS. The van der Waals surface area contributed by atoms with Crippen molar-refractivity contribution in [1.82, 2.24) is 9.88 Å². The van der Waals surface area contributed by atoms with Crippen LogP contribution >= 0.6 is 11.3 Å². The number of thiazole rings is 1. The molecule has 2 heterocycles. The van der Waals surface area contributed by atoms with Crippen LogP contribution < -0.4 is 16.8 Å². The van der Waals surface area contributed by atoms with Gasteiger partial charge in [0.2, 0.25) is 5.13 Å². The van der Waals surface area contributed by atoms with Gasteiger partial charge in [0.05, 0.1) is 5.69 Å². The number of amides is 2. The summed E-state index contributed by atoms with van der Waals surface area (Å²) in [4.78, 5) is 21.5. The van der Waals surface area contributed by atoms with E-state index in [1.54, 1.807) is 11.9 Å². The number of benzene rings is 1. The van der Waals surface area contributed by atoms with E-state index in [9.17, 15) is 4.79 Å². The van der Waals surface area contributed by atoms with E-state index in [1.807, 2.05) is 23.6 Å². The molecule has 0 atom stereocenters. The second-order valence-electron chi connectivity index (χ2n) is 4.71. The van der Waals surface area contributed by atoms with Gasteiger partial charge in [-0.05, 0) is 17.7 Å². The van der Waals surface area contributed by atoms with Crippen LogP contribution in [0.3, 0.4) is 0 Å². The quantitative estimate of drug-likeness (QED) is 0.579. The predicted molar refractivity (Wildman–Crippen MR) is 83.5 cm³/mol. The van der Waals surface area contributed by atoms with Crippen LogP contribution in [0.4, 0.5) is 15.6 Å². The van der Waals surface area contributed by atoms with E-state index in [1.165, 1.54) is 11.3 Å². The SMILES string of the molecule is CN1Cc2cc(-c3csc(N=C(N)N)n3)ccc2NC1=O. The molecule has 2 aromatic rings. The lowest BCUT2D eigenvalue weighted by Gasteiger charge is -2.26. The minimum Gasteiger partial charge on any atom is -0.370 e. The number of anilines is 1. The molecule has 3 rings (SSSR count). The van der Waals surface area contributed by atoms with Crippen molar-refractivity contribution < 1.29 is 4.79 Å². The molecule has 0 fully saturated rings. The fourth-order valence-electron chi connectivity index (χ4n) is 2.10. The van der Waals surface area contributed by atoms with Crippen LogP contribution in [-0.4, -0.2) is 28.9 Å². The third-order valence-corrected chi connectivity index (χ3v) is 3.85. The molecule has 108 valence electrons. The van der Waals surface area contributed by atoms with Gasteiger partial charge in [-0.2, -0.15) is 4.99 Å². The number of carbonyl (C=O) groups excluding carboxylic acids is 1. The van der Waals surface area contributed by atoms with Crippen LogP contribution in [0.5, 0.6) is 0 Å². The highest BCUT2D eigenvalue weighted by atomic mass is 32.1. The zero-order valence-electron chi connectivity index (χ0n) is 11.3. The average molecular weight is 302 g/mol. The largest absolute Gasteiger partial charge is 0.370 e. The number of urea groups is 1. The Morgan fingerprint density at radius 2 is 2.29 bits per heavy atom. The van der Waals surface area contributed by atoms with E-state index in [0.29, 0.717) is 11.7 Å². The maximum Gasteiger partial charge on any atom is 0.321 e. The molecule has 7 nitrogen and oxygen atoms in total.